The molecule has 1 aromatic heterocycles. The number of hydrogen-bond donors (Lipinski definition) is 2. The summed E-state index contributed by atoms with van der Waals surface area (Å²) in [5.74, 6) is 1.23. The van der Waals surface area contributed by atoms with Crippen LogP contribution in [0, 0.1) is 0 Å². The Kier molecular flexibility index (Phi) is 8.78. The number of rotatable bonds is 8. The predicted molar refractivity (Wildman–Crippen MR) is 163 cm³/mol. The topological polar surface area (TPSA) is 76.9 Å². The van der Waals surface area contributed by atoms with E-state index in [1.54, 1.807) is 6.07 Å². The molecule has 0 amide bonds. The summed E-state index contributed by atoms with van der Waals surface area (Å²) in [6, 6.07) is 14.0. The van der Waals surface area contributed by atoms with Crippen molar-refractivity contribution in [2.24, 2.45) is 0 Å². The van der Waals surface area contributed by atoms with Gasteiger partial charge in [-0.2, -0.15) is 0 Å². The highest BCUT2D eigenvalue weighted by Crippen LogP contribution is 2.40. The average molecular weight is 547 g/mol. The molecule has 0 radical (unpaired) electrons. The second kappa shape index (κ2) is 12.3. The third-order valence-corrected chi connectivity index (χ3v) is 9.16. The smallest absolute Gasteiger partial charge is 0.261 e. The van der Waals surface area contributed by atoms with Crippen molar-refractivity contribution in [1.29, 1.82) is 0 Å². The molecule has 8 nitrogen and oxygen atoms in total. The van der Waals surface area contributed by atoms with Crippen LogP contribution in [0.4, 0.5) is 5.69 Å². The Morgan fingerprint density at radius 1 is 1.05 bits per heavy atom. The molecular weight excluding hydrogens is 500 g/mol. The van der Waals surface area contributed by atoms with Crippen molar-refractivity contribution in [2.75, 3.05) is 58.3 Å². The molecule has 0 aliphatic carbocycles. The normalized spacial score (nSPS) is 19.2. The summed E-state index contributed by atoms with van der Waals surface area (Å²) < 4.78 is 1.91. The van der Waals surface area contributed by atoms with Gasteiger partial charge < -0.3 is 15.3 Å². The van der Waals surface area contributed by atoms with E-state index in [2.05, 4.69) is 66.2 Å². The van der Waals surface area contributed by atoms with Gasteiger partial charge in [0, 0.05) is 50.5 Å². The maximum atomic E-state index is 13.7. The van der Waals surface area contributed by atoms with Crippen LogP contribution in [0.1, 0.15) is 63.4 Å². The van der Waals surface area contributed by atoms with Crippen LogP contribution < -0.4 is 15.8 Å². The van der Waals surface area contributed by atoms with Gasteiger partial charge in [0.15, 0.2) is 0 Å². The summed E-state index contributed by atoms with van der Waals surface area (Å²) in [6.07, 6.45) is 5.04. The van der Waals surface area contributed by atoms with E-state index in [1.807, 2.05) is 22.8 Å². The van der Waals surface area contributed by atoms with Gasteiger partial charge in [0.05, 0.1) is 16.9 Å². The summed E-state index contributed by atoms with van der Waals surface area (Å²) in [4.78, 5) is 26.2. The number of aromatic hydroxyl groups is 1. The van der Waals surface area contributed by atoms with Gasteiger partial charge in [0.2, 0.25) is 0 Å². The highest BCUT2D eigenvalue weighted by atomic mass is 16.3. The average Bonchev–Trinajstić information content (AvgIpc) is 3.25. The number of piperidine rings is 1. The van der Waals surface area contributed by atoms with E-state index < -0.39 is 0 Å². The molecule has 8 heteroatoms. The lowest BCUT2D eigenvalue weighted by atomic mass is 9.79. The van der Waals surface area contributed by atoms with E-state index >= 15 is 0 Å². The molecular formula is C32H46N6O2. The Labute approximate surface area is 238 Å². The molecule has 2 saturated heterocycles. The van der Waals surface area contributed by atoms with E-state index in [1.165, 1.54) is 0 Å². The van der Waals surface area contributed by atoms with Gasteiger partial charge in [-0.1, -0.05) is 25.5 Å². The quantitative estimate of drug-likeness (QED) is 0.436. The molecule has 2 fully saturated rings. The van der Waals surface area contributed by atoms with Crippen molar-refractivity contribution in [3.63, 3.8) is 0 Å². The lowest BCUT2D eigenvalue weighted by Gasteiger charge is -2.47. The molecule has 2 aliphatic rings. The Bertz CT molecular complexity index is 1350. The first-order chi connectivity index (χ1) is 19.4. The number of benzene rings is 2. The van der Waals surface area contributed by atoms with Gasteiger partial charge in [-0.3, -0.25) is 19.2 Å². The standard InChI is InChI=1S/C32H46N6O2/c1-5-9-29(37-18-8-16-33-17-21-37)30-34-28-23-25(12-13-27(28)31(40)38(30)6-2)36-19-14-32(15-20-36,35(3)4)24-10-7-11-26(39)22-24/h7,10-13,22-23,29,33,39H,5-6,8-9,14-21H2,1-4H3. The van der Waals surface area contributed by atoms with E-state index in [-0.39, 0.29) is 17.1 Å². The number of phenolic OH excluding ortho intramolecular Hbond substituents is 1. The van der Waals surface area contributed by atoms with Crippen molar-refractivity contribution >= 4 is 16.6 Å². The fourth-order valence-corrected chi connectivity index (χ4v) is 6.83. The van der Waals surface area contributed by atoms with Crippen molar-refractivity contribution in [1.82, 2.24) is 24.7 Å². The minimum atomic E-state index is -0.123. The number of anilines is 1. The van der Waals surface area contributed by atoms with Crippen molar-refractivity contribution in [2.45, 2.75) is 64.1 Å². The molecule has 1 atom stereocenters. The first-order valence-corrected chi connectivity index (χ1v) is 15.1. The fraction of sp³-hybridized carbons (Fsp3) is 0.562. The molecule has 0 saturated carbocycles. The maximum Gasteiger partial charge on any atom is 0.261 e. The molecule has 2 aromatic carbocycles. The Morgan fingerprint density at radius 3 is 2.55 bits per heavy atom. The minimum absolute atomic E-state index is 0.0669. The number of hydrogen-bond acceptors (Lipinski definition) is 7. The third kappa shape index (κ3) is 5.49. The molecule has 0 spiro atoms. The SMILES string of the molecule is CCCC(c1nc2cc(N3CCC(c4cccc(O)c4)(N(C)C)CC3)ccc2c(=O)n1CC)N1CCCNCC1. The first-order valence-electron chi connectivity index (χ1n) is 15.1. The third-order valence-electron chi connectivity index (χ3n) is 9.16. The van der Waals surface area contributed by atoms with Crippen molar-refractivity contribution in [3.05, 3.63) is 64.2 Å². The van der Waals surface area contributed by atoms with Crippen molar-refractivity contribution < 1.29 is 5.11 Å². The van der Waals surface area contributed by atoms with Gasteiger partial charge in [-0.15, -0.1) is 0 Å². The number of aromatic nitrogens is 2. The van der Waals surface area contributed by atoms with E-state index in [0.29, 0.717) is 17.7 Å². The predicted octanol–water partition coefficient (Wildman–Crippen LogP) is 4.32. The Balaban J connectivity index is 1.47. The van der Waals surface area contributed by atoms with Crippen LogP contribution in [0.3, 0.4) is 0 Å². The van der Waals surface area contributed by atoms with E-state index in [0.717, 1.165) is 94.0 Å². The molecule has 216 valence electrons. The van der Waals surface area contributed by atoms with Gasteiger partial charge in [-0.25, -0.2) is 4.98 Å². The van der Waals surface area contributed by atoms with Crippen LogP contribution in [0.25, 0.3) is 10.9 Å². The lowest BCUT2D eigenvalue weighted by Crippen LogP contribution is -2.50. The lowest BCUT2D eigenvalue weighted by molar-refractivity contribution is 0.115. The highest BCUT2D eigenvalue weighted by molar-refractivity contribution is 5.82. The monoisotopic (exact) mass is 546 g/mol. The van der Waals surface area contributed by atoms with Crippen LogP contribution in [0.15, 0.2) is 47.3 Å². The summed E-state index contributed by atoms with van der Waals surface area (Å²) in [7, 11) is 4.26. The van der Waals surface area contributed by atoms with Crippen LogP contribution in [0.5, 0.6) is 5.75 Å². The largest absolute Gasteiger partial charge is 0.508 e. The summed E-state index contributed by atoms with van der Waals surface area (Å²) in [6.45, 7) is 10.7. The second-order valence-corrected chi connectivity index (χ2v) is 11.6. The minimum Gasteiger partial charge on any atom is -0.508 e. The molecule has 3 heterocycles. The molecule has 1 unspecified atom stereocenters. The Hall–Kier alpha value is -2.94. The number of fused-ring (bicyclic) bond motifs is 1. The summed E-state index contributed by atoms with van der Waals surface area (Å²) in [5, 5.41) is 14.4. The van der Waals surface area contributed by atoms with Crippen LogP contribution >= 0.6 is 0 Å². The second-order valence-electron chi connectivity index (χ2n) is 11.6. The number of nitrogens with zero attached hydrogens (tertiary/aromatic N) is 5. The van der Waals surface area contributed by atoms with Gasteiger partial charge in [0.25, 0.3) is 5.56 Å². The van der Waals surface area contributed by atoms with Crippen molar-refractivity contribution in [3.8, 4) is 5.75 Å². The van der Waals surface area contributed by atoms with Gasteiger partial charge in [0.1, 0.15) is 11.6 Å². The van der Waals surface area contributed by atoms with Gasteiger partial charge in [-0.05, 0) is 89.1 Å². The van der Waals surface area contributed by atoms with Crippen LogP contribution in [-0.2, 0) is 12.1 Å². The summed E-state index contributed by atoms with van der Waals surface area (Å²) >= 11 is 0. The highest BCUT2D eigenvalue weighted by Gasteiger charge is 2.38. The molecule has 40 heavy (non-hydrogen) atoms. The zero-order valence-corrected chi connectivity index (χ0v) is 24.7. The Morgan fingerprint density at radius 2 is 1.85 bits per heavy atom. The van der Waals surface area contributed by atoms with E-state index in [4.69, 9.17) is 4.98 Å². The van der Waals surface area contributed by atoms with Crippen LogP contribution in [0.2, 0.25) is 0 Å². The zero-order chi connectivity index (χ0) is 28.3. The molecule has 2 N–H and O–H groups in total. The van der Waals surface area contributed by atoms with E-state index in [9.17, 15) is 9.90 Å². The number of phenols is 1. The molecule has 2 aliphatic heterocycles. The maximum absolute atomic E-state index is 13.7. The molecule has 0 bridgehead atoms. The zero-order valence-electron chi connectivity index (χ0n) is 24.7. The summed E-state index contributed by atoms with van der Waals surface area (Å²) in [5.41, 5.74) is 3.02. The van der Waals surface area contributed by atoms with Gasteiger partial charge >= 0.3 is 0 Å². The fourth-order valence-electron chi connectivity index (χ4n) is 6.83. The van der Waals surface area contributed by atoms with Crippen LogP contribution in [-0.4, -0.2) is 77.8 Å². The molecule has 3 aromatic rings. The first kappa shape index (κ1) is 28.6. The number of nitrogens with one attached hydrogen (secondary N) is 1. The molecule has 5 rings (SSSR count).